The summed E-state index contributed by atoms with van der Waals surface area (Å²) in [5.41, 5.74) is 3.18. The Morgan fingerprint density at radius 3 is 2.69 bits per heavy atom. The van der Waals surface area contributed by atoms with Crippen molar-refractivity contribution in [3.8, 4) is 5.75 Å². The van der Waals surface area contributed by atoms with Crippen LogP contribution in [0.25, 0.3) is 11.0 Å². The maximum Gasteiger partial charge on any atom is 0.175 e. The Bertz CT molecular complexity index is 441. The first-order valence-electron chi connectivity index (χ1n) is 4.25. The predicted molar refractivity (Wildman–Crippen MR) is 52.2 cm³/mol. The Morgan fingerprint density at radius 2 is 2.00 bits per heavy atom. The number of fused-ring (bicyclic) bond motifs is 1. The molecule has 0 atom stereocenters. The lowest BCUT2D eigenvalue weighted by Gasteiger charge is -2.01. The van der Waals surface area contributed by atoms with Gasteiger partial charge in [0.15, 0.2) is 11.3 Å². The minimum atomic E-state index is 0.808. The summed E-state index contributed by atoms with van der Waals surface area (Å²) in [6.07, 6.45) is 1.76. The molecule has 1 aromatic heterocycles. The maximum atomic E-state index is 5.40. The number of methoxy groups -OCH3 is 1. The van der Waals surface area contributed by atoms with Crippen molar-refractivity contribution in [3.05, 3.63) is 29.5 Å². The third-order valence-electron chi connectivity index (χ3n) is 2.20. The quantitative estimate of drug-likeness (QED) is 0.666. The van der Waals surface area contributed by atoms with E-state index in [2.05, 4.69) is 13.0 Å². The van der Waals surface area contributed by atoms with Crippen LogP contribution in [-0.2, 0) is 0 Å². The zero-order valence-corrected chi connectivity index (χ0v) is 8.05. The van der Waals surface area contributed by atoms with Gasteiger partial charge in [0.25, 0.3) is 0 Å². The molecule has 2 heteroatoms. The van der Waals surface area contributed by atoms with Crippen LogP contribution in [0.3, 0.4) is 0 Å². The Labute approximate surface area is 77.1 Å². The van der Waals surface area contributed by atoms with E-state index in [0.29, 0.717) is 0 Å². The van der Waals surface area contributed by atoms with E-state index in [-0.39, 0.29) is 0 Å². The van der Waals surface area contributed by atoms with Gasteiger partial charge in [-0.15, -0.1) is 0 Å². The Balaban J connectivity index is 2.84. The third-order valence-corrected chi connectivity index (χ3v) is 2.20. The third kappa shape index (κ3) is 1.18. The summed E-state index contributed by atoms with van der Waals surface area (Å²) in [4.78, 5) is 0. The van der Waals surface area contributed by atoms with Gasteiger partial charge in [-0.2, -0.15) is 0 Å². The van der Waals surface area contributed by atoms with Crippen molar-refractivity contribution in [2.24, 2.45) is 0 Å². The van der Waals surface area contributed by atoms with Crippen LogP contribution in [-0.4, -0.2) is 7.11 Å². The molecule has 0 aliphatic carbocycles. The summed E-state index contributed by atoms with van der Waals surface area (Å²) >= 11 is 0. The van der Waals surface area contributed by atoms with Crippen LogP contribution in [0.4, 0.5) is 0 Å². The lowest BCUT2D eigenvalue weighted by atomic mass is 10.1. The van der Waals surface area contributed by atoms with E-state index in [1.54, 1.807) is 13.4 Å². The number of ether oxygens (including phenoxy) is 1. The molecule has 0 radical (unpaired) electrons. The smallest absolute Gasteiger partial charge is 0.175 e. The first-order valence-corrected chi connectivity index (χ1v) is 4.25. The van der Waals surface area contributed by atoms with Gasteiger partial charge in [-0.25, -0.2) is 0 Å². The molecule has 0 amide bonds. The van der Waals surface area contributed by atoms with Crippen molar-refractivity contribution in [3.63, 3.8) is 0 Å². The zero-order valence-electron chi connectivity index (χ0n) is 8.05. The minimum Gasteiger partial charge on any atom is -0.493 e. The highest BCUT2D eigenvalue weighted by atomic mass is 16.5. The number of hydrogen-bond acceptors (Lipinski definition) is 2. The topological polar surface area (TPSA) is 22.4 Å². The standard InChI is InChI=1S/C11H12O2/c1-7-4-9-8(2)6-13-11(9)10(5-7)12-3/h4-6H,1-3H3. The van der Waals surface area contributed by atoms with Crippen LogP contribution in [0.15, 0.2) is 22.8 Å². The van der Waals surface area contributed by atoms with Crippen LogP contribution in [0, 0.1) is 13.8 Å². The number of rotatable bonds is 1. The molecule has 0 bridgehead atoms. The molecule has 0 saturated heterocycles. The minimum absolute atomic E-state index is 0.808. The van der Waals surface area contributed by atoms with Crippen LogP contribution in [0.5, 0.6) is 5.75 Å². The second-order valence-electron chi connectivity index (χ2n) is 3.26. The Morgan fingerprint density at radius 1 is 1.23 bits per heavy atom. The summed E-state index contributed by atoms with van der Waals surface area (Å²) in [6, 6.07) is 4.09. The lowest BCUT2D eigenvalue weighted by Crippen LogP contribution is -1.84. The molecule has 0 fully saturated rings. The van der Waals surface area contributed by atoms with E-state index >= 15 is 0 Å². The number of furan rings is 1. The Hall–Kier alpha value is -1.44. The average Bonchev–Trinajstić information content (AvgIpc) is 2.47. The summed E-state index contributed by atoms with van der Waals surface area (Å²) in [5, 5.41) is 1.14. The van der Waals surface area contributed by atoms with Gasteiger partial charge in [0.05, 0.1) is 13.4 Å². The van der Waals surface area contributed by atoms with Crippen LogP contribution in [0.2, 0.25) is 0 Å². The van der Waals surface area contributed by atoms with E-state index in [1.807, 2.05) is 13.0 Å². The van der Waals surface area contributed by atoms with Crippen molar-refractivity contribution in [2.45, 2.75) is 13.8 Å². The molecule has 0 unspecified atom stereocenters. The summed E-state index contributed by atoms with van der Waals surface area (Å²) in [7, 11) is 1.66. The largest absolute Gasteiger partial charge is 0.493 e. The predicted octanol–water partition coefficient (Wildman–Crippen LogP) is 3.06. The van der Waals surface area contributed by atoms with Gasteiger partial charge in [-0.1, -0.05) is 0 Å². The summed E-state index contributed by atoms with van der Waals surface area (Å²) in [6.45, 7) is 4.08. The highest BCUT2D eigenvalue weighted by Crippen LogP contribution is 2.30. The molecule has 68 valence electrons. The first kappa shape index (κ1) is 8.17. The van der Waals surface area contributed by atoms with Gasteiger partial charge in [-0.3, -0.25) is 0 Å². The first-order chi connectivity index (χ1) is 6.22. The average molecular weight is 176 g/mol. The lowest BCUT2D eigenvalue weighted by molar-refractivity contribution is 0.410. The molecule has 1 heterocycles. The molecule has 2 rings (SSSR count). The van der Waals surface area contributed by atoms with Crippen molar-refractivity contribution >= 4 is 11.0 Å². The highest BCUT2D eigenvalue weighted by Gasteiger charge is 2.08. The van der Waals surface area contributed by atoms with Crippen molar-refractivity contribution in [2.75, 3.05) is 7.11 Å². The second-order valence-corrected chi connectivity index (χ2v) is 3.26. The molecule has 0 aliphatic heterocycles. The van der Waals surface area contributed by atoms with Crippen LogP contribution < -0.4 is 4.74 Å². The van der Waals surface area contributed by atoms with Gasteiger partial charge < -0.3 is 9.15 Å². The molecular weight excluding hydrogens is 164 g/mol. The SMILES string of the molecule is COc1cc(C)cc2c(C)coc12. The molecule has 0 saturated carbocycles. The number of hydrogen-bond donors (Lipinski definition) is 0. The molecule has 0 N–H and O–H groups in total. The monoisotopic (exact) mass is 176 g/mol. The molecule has 0 aliphatic rings. The zero-order chi connectivity index (χ0) is 9.42. The van der Waals surface area contributed by atoms with Gasteiger partial charge in [0, 0.05) is 5.39 Å². The molecule has 13 heavy (non-hydrogen) atoms. The van der Waals surface area contributed by atoms with E-state index < -0.39 is 0 Å². The van der Waals surface area contributed by atoms with Gasteiger partial charge >= 0.3 is 0 Å². The van der Waals surface area contributed by atoms with Crippen LogP contribution in [0.1, 0.15) is 11.1 Å². The van der Waals surface area contributed by atoms with E-state index in [4.69, 9.17) is 9.15 Å². The van der Waals surface area contributed by atoms with Crippen molar-refractivity contribution < 1.29 is 9.15 Å². The van der Waals surface area contributed by atoms with Crippen molar-refractivity contribution in [1.29, 1.82) is 0 Å². The number of benzene rings is 1. The second kappa shape index (κ2) is 2.80. The van der Waals surface area contributed by atoms with Crippen LogP contribution >= 0.6 is 0 Å². The fraction of sp³-hybridized carbons (Fsp3) is 0.273. The van der Waals surface area contributed by atoms with Gasteiger partial charge in [-0.05, 0) is 37.1 Å². The highest BCUT2D eigenvalue weighted by molar-refractivity contribution is 5.86. The van der Waals surface area contributed by atoms with Gasteiger partial charge in [0.2, 0.25) is 0 Å². The Kier molecular flexibility index (Phi) is 1.76. The van der Waals surface area contributed by atoms with E-state index in [0.717, 1.165) is 22.3 Å². The molecule has 0 spiro atoms. The molecular formula is C11H12O2. The van der Waals surface area contributed by atoms with Gasteiger partial charge in [0.1, 0.15) is 0 Å². The fourth-order valence-corrected chi connectivity index (χ4v) is 1.52. The summed E-state index contributed by atoms with van der Waals surface area (Å²) in [5.74, 6) is 0.808. The molecule has 2 aromatic rings. The normalized spacial score (nSPS) is 10.7. The molecule has 1 aromatic carbocycles. The fourth-order valence-electron chi connectivity index (χ4n) is 1.52. The summed E-state index contributed by atoms with van der Waals surface area (Å²) < 4.78 is 10.6. The van der Waals surface area contributed by atoms with E-state index in [9.17, 15) is 0 Å². The number of aryl methyl sites for hydroxylation is 2. The molecule has 2 nitrogen and oxygen atoms in total. The maximum absolute atomic E-state index is 5.40. The van der Waals surface area contributed by atoms with E-state index in [1.165, 1.54) is 5.56 Å². The van der Waals surface area contributed by atoms with Crippen molar-refractivity contribution in [1.82, 2.24) is 0 Å².